The van der Waals surface area contributed by atoms with Crippen molar-refractivity contribution in [1.29, 1.82) is 0 Å². The number of aromatic nitrogens is 1. The molecule has 1 aromatic heterocycles. The fraction of sp³-hybridized carbons (Fsp3) is 0.400. The number of aryl methyl sites for hydroxylation is 1. The number of aromatic hydroxyl groups is 1. The van der Waals surface area contributed by atoms with E-state index in [-0.39, 0.29) is 23.1 Å². The van der Waals surface area contributed by atoms with Crippen LogP contribution in [0, 0.1) is 5.41 Å². The summed E-state index contributed by atoms with van der Waals surface area (Å²) in [6.45, 7) is 6.50. The van der Waals surface area contributed by atoms with Gasteiger partial charge in [0.05, 0.1) is 6.04 Å². The van der Waals surface area contributed by atoms with Gasteiger partial charge >= 0.3 is 0 Å². The van der Waals surface area contributed by atoms with Crippen LogP contribution in [-0.4, -0.2) is 16.0 Å². The van der Waals surface area contributed by atoms with Crippen molar-refractivity contribution in [1.82, 2.24) is 10.3 Å². The number of hydrogen-bond acceptors (Lipinski definition) is 3. The molecular weight excluding hydrogens is 300 g/mol. The van der Waals surface area contributed by atoms with Crippen LogP contribution in [0.2, 0.25) is 0 Å². The Morgan fingerprint density at radius 1 is 1.21 bits per heavy atom. The molecule has 24 heavy (non-hydrogen) atoms. The summed E-state index contributed by atoms with van der Waals surface area (Å²) < 4.78 is 0. The molecule has 2 N–H and O–H groups in total. The predicted molar refractivity (Wildman–Crippen MR) is 95.6 cm³/mol. The van der Waals surface area contributed by atoms with Gasteiger partial charge in [-0.15, -0.1) is 0 Å². The van der Waals surface area contributed by atoms with E-state index >= 15 is 0 Å². The summed E-state index contributed by atoms with van der Waals surface area (Å²) in [5.74, 6) is 0.270. The molecule has 0 aliphatic rings. The molecule has 0 aliphatic heterocycles. The minimum absolute atomic E-state index is 0.0289. The Balaban J connectivity index is 1.97. The summed E-state index contributed by atoms with van der Waals surface area (Å²) in [6.07, 6.45) is 5.48. The average Bonchev–Trinajstić information content (AvgIpc) is 2.53. The molecule has 2 aromatic rings. The second-order valence-electron chi connectivity index (χ2n) is 7.34. The molecule has 1 heterocycles. The van der Waals surface area contributed by atoms with Gasteiger partial charge in [-0.3, -0.25) is 9.78 Å². The zero-order valence-electron chi connectivity index (χ0n) is 14.6. The second kappa shape index (κ2) is 7.95. The van der Waals surface area contributed by atoms with Crippen molar-refractivity contribution >= 4 is 5.91 Å². The topological polar surface area (TPSA) is 62.2 Å². The van der Waals surface area contributed by atoms with E-state index in [0.29, 0.717) is 12.8 Å². The molecule has 0 spiro atoms. The van der Waals surface area contributed by atoms with Crippen molar-refractivity contribution in [3.63, 3.8) is 0 Å². The molecule has 4 heteroatoms. The first-order valence-electron chi connectivity index (χ1n) is 8.31. The maximum Gasteiger partial charge on any atom is 0.220 e. The summed E-state index contributed by atoms with van der Waals surface area (Å²) in [7, 11) is 0. The summed E-state index contributed by atoms with van der Waals surface area (Å²) in [4.78, 5) is 16.5. The van der Waals surface area contributed by atoms with Crippen LogP contribution in [-0.2, 0) is 11.2 Å². The Labute approximate surface area is 143 Å². The monoisotopic (exact) mass is 326 g/mol. The van der Waals surface area contributed by atoms with Crippen molar-refractivity contribution in [2.45, 2.75) is 46.1 Å². The second-order valence-corrected chi connectivity index (χ2v) is 7.34. The highest BCUT2D eigenvalue weighted by atomic mass is 16.3. The van der Waals surface area contributed by atoms with Gasteiger partial charge in [0.2, 0.25) is 5.91 Å². The number of carbonyl (C=O) groups excluding carboxylic acids is 1. The molecule has 0 saturated carbocycles. The number of nitrogens with zero attached hydrogens (tertiary/aromatic N) is 1. The largest absolute Gasteiger partial charge is 0.508 e. The lowest BCUT2D eigenvalue weighted by atomic mass is 9.85. The van der Waals surface area contributed by atoms with Crippen molar-refractivity contribution in [3.8, 4) is 5.75 Å². The summed E-state index contributed by atoms with van der Waals surface area (Å²) in [5, 5.41) is 12.4. The van der Waals surface area contributed by atoms with E-state index in [9.17, 15) is 9.90 Å². The van der Waals surface area contributed by atoms with Crippen LogP contribution in [0.3, 0.4) is 0 Å². The number of phenols is 1. The minimum Gasteiger partial charge on any atom is -0.508 e. The zero-order chi connectivity index (χ0) is 17.6. The highest BCUT2D eigenvalue weighted by Gasteiger charge is 2.22. The Hall–Kier alpha value is -2.36. The molecule has 1 aromatic carbocycles. The highest BCUT2D eigenvalue weighted by Crippen LogP contribution is 2.29. The molecule has 0 saturated heterocycles. The van der Waals surface area contributed by atoms with Crippen molar-refractivity contribution in [2.24, 2.45) is 5.41 Å². The van der Waals surface area contributed by atoms with E-state index in [1.54, 1.807) is 18.3 Å². The van der Waals surface area contributed by atoms with Gasteiger partial charge < -0.3 is 10.4 Å². The number of nitrogens with one attached hydrogen (secondary N) is 1. The minimum atomic E-state index is -0.0361. The number of benzene rings is 1. The van der Waals surface area contributed by atoms with Crippen LogP contribution in [0.4, 0.5) is 0 Å². The fourth-order valence-corrected chi connectivity index (χ4v) is 2.63. The maximum atomic E-state index is 12.4. The third-order valence-corrected chi connectivity index (χ3v) is 3.82. The molecule has 1 atom stereocenters. The van der Waals surface area contributed by atoms with Gasteiger partial charge in [-0.05, 0) is 47.6 Å². The van der Waals surface area contributed by atoms with E-state index in [1.807, 2.05) is 30.5 Å². The molecule has 4 nitrogen and oxygen atoms in total. The smallest absolute Gasteiger partial charge is 0.220 e. The first-order valence-corrected chi connectivity index (χ1v) is 8.31. The molecular formula is C20H26N2O2. The Bertz CT molecular complexity index is 646. The predicted octanol–water partition coefficient (Wildman–Crippen LogP) is 4.01. The van der Waals surface area contributed by atoms with Gasteiger partial charge in [0.1, 0.15) is 5.75 Å². The molecule has 2 rings (SSSR count). The van der Waals surface area contributed by atoms with E-state index in [1.165, 1.54) is 0 Å². The molecule has 0 fully saturated rings. The Morgan fingerprint density at radius 3 is 2.50 bits per heavy atom. The first-order chi connectivity index (χ1) is 11.3. The Kier molecular flexibility index (Phi) is 5.96. The summed E-state index contributed by atoms with van der Waals surface area (Å²) in [6, 6.07) is 10.8. The maximum absolute atomic E-state index is 12.4. The van der Waals surface area contributed by atoms with Gasteiger partial charge in [-0.2, -0.15) is 0 Å². The number of pyridine rings is 1. The van der Waals surface area contributed by atoms with Crippen molar-refractivity contribution in [3.05, 3.63) is 59.9 Å². The van der Waals surface area contributed by atoms with Crippen molar-refractivity contribution < 1.29 is 9.90 Å². The SMILES string of the molecule is CC(C)(C)C[C@@H](NC(=O)CCc1ccc(O)cc1)c1cccnc1. The van der Waals surface area contributed by atoms with E-state index in [4.69, 9.17) is 0 Å². The third-order valence-electron chi connectivity index (χ3n) is 3.82. The zero-order valence-corrected chi connectivity index (χ0v) is 14.6. The lowest BCUT2D eigenvalue weighted by molar-refractivity contribution is -0.122. The number of hydrogen-bond donors (Lipinski definition) is 2. The van der Waals surface area contributed by atoms with Crippen LogP contribution in [0.15, 0.2) is 48.8 Å². The van der Waals surface area contributed by atoms with Crippen LogP contribution in [0.5, 0.6) is 5.75 Å². The number of amides is 1. The van der Waals surface area contributed by atoms with Gasteiger partial charge in [0.25, 0.3) is 0 Å². The summed E-state index contributed by atoms with van der Waals surface area (Å²) in [5.41, 5.74) is 2.17. The molecule has 0 unspecified atom stereocenters. The number of rotatable bonds is 6. The van der Waals surface area contributed by atoms with Crippen LogP contribution in [0.1, 0.15) is 50.8 Å². The Morgan fingerprint density at radius 2 is 1.92 bits per heavy atom. The number of phenolic OH excluding ortho intramolecular Hbond substituents is 1. The molecule has 1 amide bonds. The molecule has 0 bridgehead atoms. The standard InChI is InChI=1S/C20H26N2O2/c1-20(2,3)13-18(16-5-4-12-21-14-16)22-19(24)11-8-15-6-9-17(23)10-7-15/h4-7,9-10,12,14,18,23H,8,11,13H2,1-3H3,(H,22,24)/t18-/m1/s1. The third kappa shape index (κ3) is 6.03. The van der Waals surface area contributed by atoms with Gasteiger partial charge in [0, 0.05) is 18.8 Å². The quantitative estimate of drug-likeness (QED) is 0.843. The van der Waals surface area contributed by atoms with Crippen molar-refractivity contribution in [2.75, 3.05) is 0 Å². The lowest BCUT2D eigenvalue weighted by Gasteiger charge is -2.27. The van der Waals surface area contributed by atoms with E-state index < -0.39 is 0 Å². The van der Waals surface area contributed by atoms with Gasteiger partial charge in [-0.1, -0.05) is 39.0 Å². The normalized spacial score (nSPS) is 12.6. The lowest BCUT2D eigenvalue weighted by Crippen LogP contribution is -2.31. The highest BCUT2D eigenvalue weighted by molar-refractivity contribution is 5.76. The van der Waals surface area contributed by atoms with Crippen LogP contribution in [0.25, 0.3) is 0 Å². The first kappa shape index (κ1) is 18.0. The van der Waals surface area contributed by atoms with E-state index in [2.05, 4.69) is 31.1 Å². The summed E-state index contributed by atoms with van der Waals surface area (Å²) >= 11 is 0. The van der Waals surface area contributed by atoms with E-state index in [0.717, 1.165) is 17.5 Å². The van der Waals surface area contributed by atoms with Gasteiger partial charge in [-0.25, -0.2) is 0 Å². The van der Waals surface area contributed by atoms with Gasteiger partial charge in [0.15, 0.2) is 0 Å². The molecule has 0 radical (unpaired) electrons. The average molecular weight is 326 g/mol. The molecule has 128 valence electrons. The van der Waals surface area contributed by atoms with Crippen LogP contribution >= 0.6 is 0 Å². The fourth-order valence-electron chi connectivity index (χ4n) is 2.63. The van der Waals surface area contributed by atoms with Crippen LogP contribution < -0.4 is 5.32 Å². The molecule has 0 aliphatic carbocycles. The number of carbonyl (C=O) groups is 1.